The number of hydrogen-bond donors (Lipinski definition) is 1. The molecule has 2 aromatic carbocycles. The third-order valence-electron chi connectivity index (χ3n) is 3.45. The Balaban J connectivity index is 1.80. The van der Waals surface area contributed by atoms with Crippen molar-refractivity contribution in [3.05, 3.63) is 76.3 Å². The molecule has 1 aromatic heterocycles. The van der Waals surface area contributed by atoms with Crippen LogP contribution in [0.15, 0.2) is 59.3 Å². The maximum absolute atomic E-state index is 10.5. The number of aliphatic hydroxyl groups excluding tert-OH is 1. The zero-order valence-electron chi connectivity index (χ0n) is 12.6. The van der Waals surface area contributed by atoms with Gasteiger partial charge < -0.3 is 14.4 Å². The highest BCUT2D eigenvalue weighted by Crippen LogP contribution is 2.28. The number of ether oxygens (including phenoxy) is 1. The van der Waals surface area contributed by atoms with Gasteiger partial charge in [-0.05, 0) is 29.3 Å². The number of aryl methyl sites for hydroxylation is 1. The lowest BCUT2D eigenvalue weighted by molar-refractivity contribution is 0.204. The van der Waals surface area contributed by atoms with Crippen molar-refractivity contribution in [1.82, 2.24) is 14.8 Å². The first-order chi connectivity index (χ1) is 11.1. The highest BCUT2D eigenvalue weighted by Gasteiger charge is 2.17. The zero-order chi connectivity index (χ0) is 16.2. The minimum atomic E-state index is -0.862. The fourth-order valence-corrected chi connectivity index (χ4v) is 2.75. The molecule has 0 aliphatic carbocycles. The number of benzene rings is 2. The number of nitrogens with zero attached hydrogens (tertiary/aromatic N) is 3. The molecule has 3 aromatic rings. The Labute approximate surface area is 142 Å². The molecule has 1 heterocycles. The smallest absolute Gasteiger partial charge is 0.166 e. The van der Waals surface area contributed by atoms with E-state index in [4.69, 9.17) is 4.74 Å². The number of rotatable bonds is 5. The van der Waals surface area contributed by atoms with Crippen LogP contribution in [0.4, 0.5) is 0 Å². The third kappa shape index (κ3) is 3.78. The molecule has 0 aliphatic rings. The van der Waals surface area contributed by atoms with Crippen LogP contribution in [0.5, 0.6) is 5.75 Å². The first-order valence-electron chi connectivity index (χ1n) is 7.12. The van der Waals surface area contributed by atoms with Gasteiger partial charge in [-0.25, -0.2) is 0 Å². The summed E-state index contributed by atoms with van der Waals surface area (Å²) < 4.78 is 8.35. The van der Waals surface area contributed by atoms with Crippen LogP contribution in [0, 0.1) is 0 Å². The van der Waals surface area contributed by atoms with E-state index in [1.54, 1.807) is 17.9 Å². The second-order valence-electron chi connectivity index (χ2n) is 5.20. The lowest BCUT2D eigenvalue weighted by Crippen LogP contribution is -2.07. The van der Waals surface area contributed by atoms with E-state index in [2.05, 4.69) is 26.1 Å². The summed E-state index contributed by atoms with van der Waals surface area (Å²) >= 11 is 3.46. The Kier molecular flexibility index (Phi) is 4.73. The Bertz CT molecular complexity index is 790. The first kappa shape index (κ1) is 15.7. The van der Waals surface area contributed by atoms with Gasteiger partial charge >= 0.3 is 0 Å². The number of aliphatic hydroxyl groups is 1. The highest BCUT2D eigenvalue weighted by molar-refractivity contribution is 9.10. The summed E-state index contributed by atoms with van der Waals surface area (Å²) in [5.41, 5.74) is 1.78. The van der Waals surface area contributed by atoms with E-state index in [1.165, 1.54) is 0 Å². The molecule has 0 radical (unpaired) electrons. The van der Waals surface area contributed by atoms with Crippen molar-refractivity contribution >= 4 is 15.9 Å². The topological polar surface area (TPSA) is 60.2 Å². The average molecular weight is 374 g/mol. The van der Waals surface area contributed by atoms with Gasteiger partial charge in [-0.2, -0.15) is 0 Å². The predicted molar refractivity (Wildman–Crippen MR) is 90.0 cm³/mol. The summed E-state index contributed by atoms with van der Waals surface area (Å²) in [6.45, 7) is 0.469. The van der Waals surface area contributed by atoms with Gasteiger partial charge in [-0.3, -0.25) is 0 Å². The summed E-state index contributed by atoms with van der Waals surface area (Å²) in [4.78, 5) is 0. The molecule has 0 aliphatic heterocycles. The van der Waals surface area contributed by atoms with E-state index in [-0.39, 0.29) is 0 Å². The molecular weight excluding hydrogens is 358 g/mol. The van der Waals surface area contributed by atoms with Crippen molar-refractivity contribution in [2.75, 3.05) is 0 Å². The quantitative estimate of drug-likeness (QED) is 0.745. The van der Waals surface area contributed by atoms with Crippen molar-refractivity contribution < 1.29 is 9.84 Å². The standard InChI is InChI=1S/C17H16BrN3O2/c1-21-11-19-20-17(21)16(22)13-7-14(18)9-15(8-13)23-10-12-5-3-2-4-6-12/h2-9,11,16,22H,10H2,1H3. The second kappa shape index (κ2) is 6.93. The zero-order valence-corrected chi connectivity index (χ0v) is 14.1. The molecule has 0 saturated carbocycles. The fraction of sp³-hybridized carbons (Fsp3) is 0.176. The molecular formula is C17H16BrN3O2. The molecule has 5 nitrogen and oxygen atoms in total. The van der Waals surface area contributed by atoms with Gasteiger partial charge in [0.15, 0.2) is 5.82 Å². The summed E-state index contributed by atoms with van der Waals surface area (Å²) in [5, 5.41) is 18.2. The molecule has 23 heavy (non-hydrogen) atoms. The fourth-order valence-electron chi connectivity index (χ4n) is 2.26. The molecule has 0 fully saturated rings. The van der Waals surface area contributed by atoms with Crippen molar-refractivity contribution in [2.24, 2.45) is 7.05 Å². The Morgan fingerprint density at radius 1 is 1.22 bits per heavy atom. The largest absolute Gasteiger partial charge is 0.489 e. The van der Waals surface area contributed by atoms with E-state index in [0.29, 0.717) is 23.7 Å². The molecule has 1 unspecified atom stereocenters. The lowest BCUT2D eigenvalue weighted by Gasteiger charge is -2.13. The molecule has 0 bridgehead atoms. The van der Waals surface area contributed by atoms with Crippen LogP contribution in [-0.2, 0) is 13.7 Å². The Morgan fingerprint density at radius 3 is 2.70 bits per heavy atom. The van der Waals surface area contributed by atoms with Gasteiger partial charge in [-0.15, -0.1) is 10.2 Å². The normalized spacial score (nSPS) is 12.1. The number of hydrogen-bond acceptors (Lipinski definition) is 4. The van der Waals surface area contributed by atoms with Gasteiger partial charge in [0.25, 0.3) is 0 Å². The van der Waals surface area contributed by atoms with Gasteiger partial charge in [0.1, 0.15) is 24.8 Å². The highest BCUT2D eigenvalue weighted by atomic mass is 79.9. The molecule has 0 saturated heterocycles. The monoisotopic (exact) mass is 373 g/mol. The summed E-state index contributed by atoms with van der Waals surface area (Å²) in [7, 11) is 1.79. The minimum Gasteiger partial charge on any atom is -0.489 e. The van der Waals surface area contributed by atoms with Crippen LogP contribution in [0.3, 0.4) is 0 Å². The van der Waals surface area contributed by atoms with Crippen molar-refractivity contribution in [3.8, 4) is 5.75 Å². The summed E-state index contributed by atoms with van der Waals surface area (Å²) in [5.74, 6) is 1.16. The molecule has 118 valence electrons. The second-order valence-corrected chi connectivity index (χ2v) is 6.11. The summed E-state index contributed by atoms with van der Waals surface area (Å²) in [6.07, 6.45) is 0.697. The van der Waals surface area contributed by atoms with Crippen molar-refractivity contribution in [2.45, 2.75) is 12.7 Å². The Morgan fingerprint density at radius 2 is 2.00 bits per heavy atom. The Hall–Kier alpha value is -2.18. The van der Waals surface area contributed by atoms with Crippen LogP contribution in [0.2, 0.25) is 0 Å². The van der Waals surface area contributed by atoms with Gasteiger partial charge in [0, 0.05) is 11.5 Å². The molecule has 0 amide bonds. The van der Waals surface area contributed by atoms with Gasteiger partial charge in [0.05, 0.1) is 0 Å². The number of halogens is 1. The van der Waals surface area contributed by atoms with E-state index < -0.39 is 6.10 Å². The molecule has 0 spiro atoms. The van der Waals surface area contributed by atoms with E-state index in [9.17, 15) is 5.11 Å². The third-order valence-corrected chi connectivity index (χ3v) is 3.91. The minimum absolute atomic E-state index is 0.469. The lowest BCUT2D eigenvalue weighted by atomic mass is 10.1. The van der Waals surface area contributed by atoms with Crippen molar-refractivity contribution in [1.29, 1.82) is 0 Å². The first-order valence-corrected chi connectivity index (χ1v) is 7.92. The number of aromatic nitrogens is 3. The average Bonchev–Trinajstić information content (AvgIpc) is 2.99. The predicted octanol–water partition coefficient (Wildman–Crippen LogP) is 3.24. The van der Waals surface area contributed by atoms with Crippen molar-refractivity contribution in [3.63, 3.8) is 0 Å². The molecule has 6 heteroatoms. The van der Waals surface area contributed by atoms with E-state index in [0.717, 1.165) is 10.0 Å². The summed E-state index contributed by atoms with van der Waals surface area (Å²) in [6, 6.07) is 15.5. The molecule has 1 atom stereocenters. The van der Waals surface area contributed by atoms with Crippen LogP contribution in [0.25, 0.3) is 0 Å². The SMILES string of the molecule is Cn1cnnc1C(O)c1cc(Br)cc(OCc2ccccc2)c1. The maximum Gasteiger partial charge on any atom is 0.166 e. The van der Waals surface area contributed by atoms with Crippen LogP contribution in [0.1, 0.15) is 23.1 Å². The van der Waals surface area contributed by atoms with E-state index in [1.807, 2.05) is 48.5 Å². The van der Waals surface area contributed by atoms with Crippen LogP contribution in [-0.4, -0.2) is 19.9 Å². The van der Waals surface area contributed by atoms with Gasteiger partial charge in [-0.1, -0.05) is 46.3 Å². The van der Waals surface area contributed by atoms with Crippen LogP contribution >= 0.6 is 15.9 Å². The van der Waals surface area contributed by atoms with E-state index >= 15 is 0 Å². The van der Waals surface area contributed by atoms with Crippen LogP contribution < -0.4 is 4.74 Å². The van der Waals surface area contributed by atoms with Gasteiger partial charge in [0.2, 0.25) is 0 Å². The maximum atomic E-state index is 10.5. The molecule has 1 N–H and O–H groups in total. The molecule has 3 rings (SSSR count).